The van der Waals surface area contributed by atoms with Gasteiger partial charge in [-0.3, -0.25) is 9.78 Å². The number of carbonyl (C=O) groups excluding carboxylic acids is 1. The summed E-state index contributed by atoms with van der Waals surface area (Å²) in [4.78, 5) is 27.4. The normalized spacial score (nSPS) is 15.8. The molecule has 1 amide bonds. The Hall–Kier alpha value is -3.92. The summed E-state index contributed by atoms with van der Waals surface area (Å²) in [5.74, 6) is -0.183. The van der Waals surface area contributed by atoms with Gasteiger partial charge in [0.2, 0.25) is 5.01 Å². The summed E-state index contributed by atoms with van der Waals surface area (Å²) in [6.45, 7) is 2.58. The minimum absolute atomic E-state index is 0.183. The summed E-state index contributed by atoms with van der Waals surface area (Å²) in [5.41, 5.74) is 5.44. The minimum atomic E-state index is -0.404. The molecule has 10 heteroatoms. The lowest BCUT2D eigenvalue weighted by Crippen LogP contribution is -2.41. The Morgan fingerprint density at radius 1 is 1.19 bits per heavy atom. The Morgan fingerprint density at radius 3 is 2.97 bits per heavy atom. The smallest absolute Gasteiger partial charge is 0.285 e. The van der Waals surface area contributed by atoms with Crippen molar-refractivity contribution < 1.29 is 4.79 Å². The first-order valence-electron chi connectivity index (χ1n) is 10.2. The van der Waals surface area contributed by atoms with E-state index in [4.69, 9.17) is 5.10 Å². The van der Waals surface area contributed by atoms with Crippen molar-refractivity contribution in [2.75, 3.05) is 6.54 Å². The van der Waals surface area contributed by atoms with Gasteiger partial charge in [0.05, 0.1) is 23.2 Å². The third-order valence-corrected chi connectivity index (χ3v) is 6.62. The Kier molecular flexibility index (Phi) is 4.32. The predicted molar refractivity (Wildman–Crippen MR) is 118 cm³/mol. The van der Waals surface area contributed by atoms with E-state index < -0.39 is 6.04 Å². The van der Waals surface area contributed by atoms with Crippen molar-refractivity contribution in [3.63, 3.8) is 0 Å². The first kappa shape index (κ1) is 18.8. The number of nitrogens with zero attached hydrogens (tertiary/aromatic N) is 7. The molecule has 32 heavy (non-hydrogen) atoms. The second-order valence-electron chi connectivity index (χ2n) is 7.63. The standard InChI is InChI=1S/C22H18N8OS/c1-13-5-4-9-30-17(13)11-16(28-30)19-18-14(24-12-25-18)7-10-29(19)22(31)21-27-26-20(32-21)15-6-2-3-8-23-15/h2-6,8-9,11-12,19H,7,10H2,1H3,(H,24,25)/t19-/m1/s1. The van der Waals surface area contributed by atoms with Crippen molar-refractivity contribution >= 4 is 22.8 Å². The highest BCUT2D eigenvalue weighted by Crippen LogP contribution is 2.35. The minimum Gasteiger partial charge on any atom is -0.348 e. The van der Waals surface area contributed by atoms with Gasteiger partial charge >= 0.3 is 0 Å². The van der Waals surface area contributed by atoms with Crippen LogP contribution in [0.4, 0.5) is 0 Å². The lowest BCUT2D eigenvalue weighted by molar-refractivity contribution is 0.0685. The number of rotatable bonds is 3. The molecule has 5 aromatic heterocycles. The van der Waals surface area contributed by atoms with Gasteiger partial charge in [0.15, 0.2) is 5.01 Å². The predicted octanol–water partition coefficient (Wildman–Crippen LogP) is 3.07. The zero-order valence-electron chi connectivity index (χ0n) is 17.1. The molecule has 0 saturated carbocycles. The van der Waals surface area contributed by atoms with Crippen LogP contribution < -0.4 is 0 Å². The van der Waals surface area contributed by atoms with Crippen LogP contribution in [0, 0.1) is 6.92 Å². The summed E-state index contributed by atoms with van der Waals surface area (Å²) >= 11 is 1.25. The van der Waals surface area contributed by atoms with Crippen LogP contribution in [0.5, 0.6) is 0 Å². The number of aromatic amines is 1. The molecule has 158 valence electrons. The second kappa shape index (κ2) is 7.34. The molecule has 1 aliphatic rings. The molecule has 1 N–H and O–H groups in total. The highest BCUT2D eigenvalue weighted by atomic mass is 32.1. The van der Waals surface area contributed by atoms with E-state index in [0.29, 0.717) is 28.7 Å². The molecule has 1 aliphatic heterocycles. The average Bonchev–Trinajstić information content (AvgIpc) is 3.58. The molecule has 6 heterocycles. The summed E-state index contributed by atoms with van der Waals surface area (Å²) in [6, 6.07) is 11.2. The number of nitrogens with one attached hydrogen (secondary N) is 1. The third kappa shape index (κ3) is 2.99. The molecular weight excluding hydrogens is 424 g/mol. The fraction of sp³-hybridized carbons (Fsp3) is 0.182. The zero-order valence-corrected chi connectivity index (χ0v) is 18.0. The molecular formula is C22H18N8OS. The SMILES string of the molecule is Cc1cccn2nc([C@@H]3c4nc[nH]c4CCN3C(=O)c3nnc(-c4ccccn4)s3)cc12. The summed E-state index contributed by atoms with van der Waals surface area (Å²) in [6.07, 6.45) is 5.98. The first-order chi connectivity index (χ1) is 15.7. The lowest BCUT2D eigenvalue weighted by atomic mass is 9.99. The number of amides is 1. The highest BCUT2D eigenvalue weighted by molar-refractivity contribution is 7.16. The van der Waals surface area contributed by atoms with Crippen LogP contribution in [0.1, 0.15) is 38.5 Å². The number of imidazole rings is 1. The van der Waals surface area contributed by atoms with Gasteiger partial charge in [-0.15, -0.1) is 10.2 Å². The van der Waals surface area contributed by atoms with Crippen LogP contribution in [-0.4, -0.2) is 52.1 Å². The molecule has 0 radical (unpaired) electrons. The topological polar surface area (TPSA) is 105 Å². The van der Waals surface area contributed by atoms with Crippen molar-refractivity contribution in [1.29, 1.82) is 0 Å². The van der Waals surface area contributed by atoms with E-state index in [2.05, 4.69) is 25.1 Å². The number of carbonyl (C=O) groups is 1. The Morgan fingerprint density at radius 2 is 2.12 bits per heavy atom. The van der Waals surface area contributed by atoms with E-state index in [1.54, 1.807) is 17.4 Å². The van der Waals surface area contributed by atoms with Crippen molar-refractivity contribution in [2.45, 2.75) is 19.4 Å². The van der Waals surface area contributed by atoms with E-state index in [9.17, 15) is 4.79 Å². The lowest BCUT2D eigenvalue weighted by Gasteiger charge is -2.33. The Balaban J connectivity index is 1.41. The van der Waals surface area contributed by atoms with Crippen LogP contribution in [0.2, 0.25) is 0 Å². The third-order valence-electron chi connectivity index (χ3n) is 5.69. The van der Waals surface area contributed by atoms with Gasteiger partial charge in [0.25, 0.3) is 5.91 Å². The van der Waals surface area contributed by atoms with Gasteiger partial charge in [-0.25, -0.2) is 9.50 Å². The Labute approximate surface area is 186 Å². The highest BCUT2D eigenvalue weighted by Gasteiger charge is 2.37. The number of hydrogen-bond donors (Lipinski definition) is 1. The van der Waals surface area contributed by atoms with Crippen molar-refractivity contribution in [1.82, 2.24) is 39.7 Å². The van der Waals surface area contributed by atoms with Gasteiger partial charge in [-0.2, -0.15) is 5.10 Å². The molecule has 9 nitrogen and oxygen atoms in total. The number of H-pyrrole nitrogens is 1. The maximum atomic E-state index is 13.6. The van der Waals surface area contributed by atoms with Crippen molar-refractivity contribution in [2.24, 2.45) is 0 Å². The molecule has 6 rings (SSSR count). The molecule has 0 saturated heterocycles. The van der Waals surface area contributed by atoms with Crippen LogP contribution in [-0.2, 0) is 6.42 Å². The van der Waals surface area contributed by atoms with Crippen molar-refractivity contribution in [3.8, 4) is 10.7 Å². The van der Waals surface area contributed by atoms with E-state index in [1.165, 1.54) is 11.3 Å². The summed E-state index contributed by atoms with van der Waals surface area (Å²) < 4.78 is 1.85. The van der Waals surface area contributed by atoms with E-state index in [0.717, 1.165) is 28.2 Å². The molecule has 0 aromatic carbocycles. The van der Waals surface area contributed by atoms with Gasteiger partial charge in [0.1, 0.15) is 11.7 Å². The van der Waals surface area contributed by atoms with Gasteiger partial charge in [-0.05, 0) is 36.8 Å². The average molecular weight is 443 g/mol. The molecule has 0 aliphatic carbocycles. The summed E-state index contributed by atoms with van der Waals surface area (Å²) in [7, 11) is 0. The molecule has 5 aromatic rings. The van der Waals surface area contributed by atoms with E-state index >= 15 is 0 Å². The molecule has 0 fully saturated rings. The Bertz CT molecular complexity index is 1440. The van der Waals surface area contributed by atoms with Crippen LogP contribution >= 0.6 is 11.3 Å². The number of hydrogen-bond acceptors (Lipinski definition) is 7. The second-order valence-corrected chi connectivity index (χ2v) is 8.61. The van der Waals surface area contributed by atoms with Gasteiger partial charge in [0, 0.05) is 31.1 Å². The van der Waals surface area contributed by atoms with Crippen LogP contribution in [0.3, 0.4) is 0 Å². The molecule has 1 atom stereocenters. The maximum Gasteiger partial charge on any atom is 0.285 e. The quantitative estimate of drug-likeness (QED) is 0.460. The first-order valence-corrected chi connectivity index (χ1v) is 11.0. The van der Waals surface area contributed by atoms with Crippen molar-refractivity contribution in [3.05, 3.63) is 82.8 Å². The molecule has 0 bridgehead atoms. The zero-order chi connectivity index (χ0) is 21.7. The number of aryl methyl sites for hydroxylation is 1. The van der Waals surface area contributed by atoms with E-state index in [-0.39, 0.29) is 5.91 Å². The van der Waals surface area contributed by atoms with Crippen LogP contribution in [0.25, 0.3) is 16.2 Å². The van der Waals surface area contributed by atoms with Gasteiger partial charge < -0.3 is 9.88 Å². The number of pyridine rings is 2. The monoisotopic (exact) mass is 442 g/mol. The fourth-order valence-corrected chi connectivity index (χ4v) is 4.91. The fourth-order valence-electron chi connectivity index (χ4n) is 4.13. The number of aromatic nitrogens is 7. The van der Waals surface area contributed by atoms with E-state index in [1.807, 2.05) is 54.0 Å². The molecule has 0 spiro atoms. The maximum absolute atomic E-state index is 13.6. The number of fused-ring (bicyclic) bond motifs is 2. The largest absolute Gasteiger partial charge is 0.348 e. The summed E-state index contributed by atoms with van der Waals surface area (Å²) in [5, 5.41) is 14.1. The van der Waals surface area contributed by atoms with Gasteiger partial charge in [-0.1, -0.05) is 23.5 Å². The molecule has 0 unspecified atom stereocenters. The van der Waals surface area contributed by atoms with Crippen LogP contribution in [0.15, 0.2) is 55.1 Å².